The zero-order valence-corrected chi connectivity index (χ0v) is 13.2. The molecule has 3 nitrogen and oxygen atoms in total. The molecule has 118 valence electrons. The molecule has 0 saturated carbocycles. The van der Waals surface area contributed by atoms with Crippen LogP contribution in [0.3, 0.4) is 0 Å². The highest BCUT2D eigenvalue weighted by atomic mass is 16.2. The lowest BCUT2D eigenvalue weighted by molar-refractivity contribution is 0.0950. The van der Waals surface area contributed by atoms with Gasteiger partial charge < -0.3 is 0 Å². The predicted molar refractivity (Wildman–Crippen MR) is 92.4 cm³/mol. The van der Waals surface area contributed by atoms with E-state index in [1.165, 1.54) is 0 Å². The van der Waals surface area contributed by atoms with Gasteiger partial charge in [-0.25, -0.2) is 0 Å². The number of ketones is 1. The fraction of sp³-hybridized carbons (Fsp3) is 0.143. The van der Waals surface area contributed by atoms with Crippen molar-refractivity contribution in [1.29, 1.82) is 0 Å². The van der Waals surface area contributed by atoms with Crippen LogP contribution in [-0.4, -0.2) is 16.3 Å². The number of carbonyl (C=O) groups is 2. The number of aromatic nitrogens is 1. The minimum Gasteiger partial charge on any atom is -0.294 e. The smallest absolute Gasteiger partial charge is 0.262 e. The molecule has 1 unspecified atom stereocenters. The molecule has 1 heterocycles. The number of fused-ring (bicyclic) bond motifs is 1. The Kier molecular flexibility index (Phi) is 3.62. The van der Waals surface area contributed by atoms with Crippen LogP contribution >= 0.6 is 0 Å². The van der Waals surface area contributed by atoms with Crippen molar-refractivity contribution in [3.8, 4) is 0 Å². The molecule has 4 rings (SSSR count). The van der Waals surface area contributed by atoms with Gasteiger partial charge in [0, 0.05) is 29.4 Å². The predicted octanol–water partition coefficient (Wildman–Crippen LogP) is 4.09. The number of hydrogen-bond acceptors (Lipinski definition) is 2. The molecular weight excluding hydrogens is 298 g/mol. The van der Waals surface area contributed by atoms with E-state index in [9.17, 15) is 9.59 Å². The third-order valence-corrected chi connectivity index (χ3v) is 4.67. The molecule has 3 aromatic rings. The zero-order chi connectivity index (χ0) is 16.5. The summed E-state index contributed by atoms with van der Waals surface area (Å²) in [6.45, 7) is 0. The van der Waals surface area contributed by atoms with Crippen LogP contribution in [0.25, 0.3) is 0 Å². The molecule has 0 fully saturated rings. The molecule has 1 aromatic heterocycles. The first kappa shape index (κ1) is 14.6. The molecule has 0 spiro atoms. The monoisotopic (exact) mass is 315 g/mol. The van der Waals surface area contributed by atoms with Gasteiger partial charge >= 0.3 is 0 Å². The van der Waals surface area contributed by atoms with Crippen LogP contribution in [0.2, 0.25) is 0 Å². The second-order valence-electron chi connectivity index (χ2n) is 6.16. The summed E-state index contributed by atoms with van der Waals surface area (Å²) < 4.78 is 1.64. The number of nitrogens with zero attached hydrogens (tertiary/aromatic N) is 1. The van der Waals surface area contributed by atoms with E-state index < -0.39 is 0 Å². The number of rotatable bonds is 2. The molecule has 3 heteroatoms. The number of hydrogen-bond donors (Lipinski definition) is 0. The highest BCUT2D eigenvalue weighted by Gasteiger charge is 2.30. The Bertz CT molecular complexity index is 894. The van der Waals surface area contributed by atoms with Crippen molar-refractivity contribution in [2.24, 2.45) is 0 Å². The van der Waals surface area contributed by atoms with Gasteiger partial charge in [0.15, 0.2) is 5.78 Å². The van der Waals surface area contributed by atoms with Gasteiger partial charge in [-0.3, -0.25) is 14.2 Å². The van der Waals surface area contributed by atoms with Crippen LogP contribution in [0.1, 0.15) is 44.3 Å². The summed E-state index contributed by atoms with van der Waals surface area (Å²) in [5.41, 5.74) is 3.29. The van der Waals surface area contributed by atoms with Crippen LogP contribution < -0.4 is 0 Å². The van der Waals surface area contributed by atoms with Gasteiger partial charge in [-0.15, -0.1) is 0 Å². The Labute approximate surface area is 140 Å². The van der Waals surface area contributed by atoms with Gasteiger partial charge in [-0.2, -0.15) is 0 Å². The maximum atomic E-state index is 12.8. The second-order valence-corrected chi connectivity index (χ2v) is 6.16. The van der Waals surface area contributed by atoms with Crippen molar-refractivity contribution >= 4 is 11.7 Å². The highest BCUT2D eigenvalue weighted by molar-refractivity contribution is 6.02. The second kappa shape index (κ2) is 5.93. The summed E-state index contributed by atoms with van der Waals surface area (Å²) in [5, 5.41) is 0. The van der Waals surface area contributed by atoms with Crippen LogP contribution in [0.4, 0.5) is 0 Å². The quantitative estimate of drug-likeness (QED) is 0.714. The molecule has 0 radical (unpaired) electrons. The topological polar surface area (TPSA) is 39.1 Å². The third-order valence-electron chi connectivity index (χ3n) is 4.67. The van der Waals surface area contributed by atoms with Gasteiger partial charge in [0.25, 0.3) is 5.91 Å². The van der Waals surface area contributed by atoms with Gasteiger partial charge in [-0.05, 0) is 36.1 Å². The van der Waals surface area contributed by atoms with Crippen molar-refractivity contribution in [3.05, 3.63) is 95.3 Å². The summed E-state index contributed by atoms with van der Waals surface area (Å²) in [7, 11) is 0. The first-order valence-electron chi connectivity index (χ1n) is 8.12. The standard InChI is InChI=1S/C21H17NO2/c23-20-14-17(15-7-3-1-4-8-15)13-19-18(20)11-12-22(19)21(24)16-9-5-2-6-10-16/h1-12,17H,13-14H2. The van der Waals surface area contributed by atoms with Gasteiger partial charge in [0.1, 0.15) is 0 Å². The first-order chi connectivity index (χ1) is 11.7. The normalized spacial score (nSPS) is 16.7. The average Bonchev–Trinajstić information content (AvgIpc) is 3.07. The molecule has 2 aromatic carbocycles. The Balaban J connectivity index is 1.72. The average molecular weight is 315 g/mol. The summed E-state index contributed by atoms with van der Waals surface area (Å²) in [6, 6.07) is 21.0. The van der Waals surface area contributed by atoms with Crippen LogP contribution in [0.5, 0.6) is 0 Å². The van der Waals surface area contributed by atoms with Gasteiger partial charge in [0.05, 0.1) is 0 Å². The van der Waals surface area contributed by atoms with Crippen molar-refractivity contribution < 1.29 is 9.59 Å². The minimum atomic E-state index is -0.0849. The van der Waals surface area contributed by atoms with Gasteiger partial charge in [-0.1, -0.05) is 48.5 Å². The fourth-order valence-electron chi connectivity index (χ4n) is 3.44. The number of carbonyl (C=O) groups excluding carboxylic acids is 2. The van der Waals surface area contributed by atoms with Crippen molar-refractivity contribution in [1.82, 2.24) is 4.57 Å². The minimum absolute atomic E-state index is 0.0849. The Morgan fingerprint density at radius 1 is 0.875 bits per heavy atom. The van der Waals surface area contributed by atoms with E-state index in [4.69, 9.17) is 0 Å². The van der Waals surface area contributed by atoms with Crippen molar-refractivity contribution in [2.45, 2.75) is 18.8 Å². The maximum absolute atomic E-state index is 12.8. The number of Topliss-reactive ketones (excluding diaryl/α,β-unsaturated/α-hetero) is 1. The van der Waals surface area contributed by atoms with Crippen molar-refractivity contribution in [3.63, 3.8) is 0 Å². The van der Waals surface area contributed by atoms with Crippen LogP contribution in [0, 0.1) is 0 Å². The molecule has 0 aliphatic heterocycles. The van der Waals surface area contributed by atoms with E-state index in [0.717, 1.165) is 11.3 Å². The summed E-state index contributed by atoms with van der Waals surface area (Å²) >= 11 is 0. The molecule has 24 heavy (non-hydrogen) atoms. The van der Waals surface area contributed by atoms with E-state index in [1.807, 2.05) is 36.4 Å². The van der Waals surface area contributed by atoms with Gasteiger partial charge in [0.2, 0.25) is 0 Å². The van der Waals surface area contributed by atoms with Crippen molar-refractivity contribution in [2.75, 3.05) is 0 Å². The van der Waals surface area contributed by atoms with E-state index in [-0.39, 0.29) is 17.6 Å². The van der Waals surface area contributed by atoms with E-state index in [2.05, 4.69) is 12.1 Å². The summed E-state index contributed by atoms with van der Waals surface area (Å²) in [4.78, 5) is 25.3. The SMILES string of the molecule is O=C1CC(c2ccccc2)Cc2c1ccn2C(=O)c1ccccc1. The Hall–Kier alpha value is -2.94. The molecule has 0 N–H and O–H groups in total. The number of benzene rings is 2. The summed E-state index contributed by atoms with van der Waals surface area (Å²) in [5.74, 6) is 0.159. The van der Waals surface area contributed by atoms with Crippen LogP contribution in [-0.2, 0) is 6.42 Å². The molecule has 1 atom stereocenters. The third kappa shape index (κ3) is 2.48. The molecule has 1 aliphatic rings. The first-order valence-corrected chi connectivity index (χ1v) is 8.12. The Morgan fingerprint density at radius 2 is 1.54 bits per heavy atom. The Morgan fingerprint density at radius 3 is 2.25 bits per heavy atom. The lowest BCUT2D eigenvalue weighted by Crippen LogP contribution is -2.23. The fourth-order valence-corrected chi connectivity index (χ4v) is 3.44. The van der Waals surface area contributed by atoms with E-state index in [1.54, 1.807) is 29.0 Å². The molecule has 0 amide bonds. The molecule has 1 aliphatic carbocycles. The highest BCUT2D eigenvalue weighted by Crippen LogP contribution is 2.33. The van der Waals surface area contributed by atoms with Crippen LogP contribution in [0.15, 0.2) is 72.9 Å². The molecule has 0 saturated heterocycles. The largest absolute Gasteiger partial charge is 0.294 e. The molecular formula is C21H17NO2. The lowest BCUT2D eigenvalue weighted by Gasteiger charge is -2.23. The molecule has 0 bridgehead atoms. The maximum Gasteiger partial charge on any atom is 0.262 e. The lowest BCUT2D eigenvalue weighted by atomic mass is 9.82. The van der Waals surface area contributed by atoms with E-state index >= 15 is 0 Å². The zero-order valence-electron chi connectivity index (χ0n) is 13.2. The summed E-state index contributed by atoms with van der Waals surface area (Å²) in [6.07, 6.45) is 2.93. The van der Waals surface area contributed by atoms with E-state index in [0.29, 0.717) is 24.0 Å².